The highest BCUT2D eigenvalue weighted by atomic mass is 35.5. The second-order valence-electron chi connectivity index (χ2n) is 2.77. The first-order chi connectivity index (χ1) is 7.36. The molecule has 1 aromatic carbocycles. The monoisotopic (exact) mass is 244 g/mol. The van der Waals surface area contributed by atoms with E-state index in [-0.39, 0.29) is 0 Å². The molecular formula is C9H5ClO6. The molecule has 0 aliphatic carbocycles. The highest BCUT2D eigenvalue weighted by Gasteiger charge is 2.24. The molecule has 0 amide bonds. The van der Waals surface area contributed by atoms with Crippen molar-refractivity contribution in [1.82, 2.24) is 0 Å². The summed E-state index contributed by atoms with van der Waals surface area (Å²) in [7, 11) is 0. The summed E-state index contributed by atoms with van der Waals surface area (Å²) in [6, 6.07) is 1.83. The van der Waals surface area contributed by atoms with Crippen LogP contribution in [0, 0.1) is 0 Å². The average Bonchev–Trinajstić information content (AvgIpc) is 2.15. The van der Waals surface area contributed by atoms with Crippen molar-refractivity contribution in [2.45, 2.75) is 0 Å². The quantitative estimate of drug-likeness (QED) is 0.742. The van der Waals surface area contributed by atoms with Gasteiger partial charge in [-0.2, -0.15) is 0 Å². The summed E-state index contributed by atoms with van der Waals surface area (Å²) in [5.74, 6) is -4.51. The minimum atomic E-state index is -1.59. The highest BCUT2D eigenvalue weighted by molar-refractivity contribution is 6.37. The van der Waals surface area contributed by atoms with Crippen molar-refractivity contribution >= 4 is 29.5 Å². The third-order valence-electron chi connectivity index (χ3n) is 1.82. The fraction of sp³-hybridized carbons (Fsp3) is 0. The van der Waals surface area contributed by atoms with Gasteiger partial charge in [0, 0.05) is 0 Å². The lowest BCUT2D eigenvalue weighted by atomic mass is 10.0. The number of carboxylic acid groups (broad SMARTS) is 3. The molecule has 1 rings (SSSR count). The summed E-state index contributed by atoms with van der Waals surface area (Å²) < 4.78 is 0. The van der Waals surface area contributed by atoms with Gasteiger partial charge in [-0.1, -0.05) is 11.6 Å². The van der Waals surface area contributed by atoms with Gasteiger partial charge in [-0.3, -0.25) is 0 Å². The molecule has 0 radical (unpaired) electrons. The lowest BCUT2D eigenvalue weighted by Gasteiger charge is -2.06. The Kier molecular flexibility index (Phi) is 3.14. The maximum absolute atomic E-state index is 10.8. The maximum Gasteiger partial charge on any atom is 0.338 e. The van der Waals surface area contributed by atoms with Crippen LogP contribution in [0.2, 0.25) is 5.02 Å². The molecule has 0 aliphatic heterocycles. The van der Waals surface area contributed by atoms with E-state index in [0.717, 1.165) is 12.1 Å². The van der Waals surface area contributed by atoms with Gasteiger partial charge in [0.25, 0.3) is 0 Å². The fourth-order valence-electron chi connectivity index (χ4n) is 1.13. The Hall–Kier alpha value is -2.08. The van der Waals surface area contributed by atoms with Crippen LogP contribution in [0.15, 0.2) is 12.1 Å². The van der Waals surface area contributed by atoms with Gasteiger partial charge in [0.05, 0.1) is 21.7 Å². The number of hydrogen-bond acceptors (Lipinski definition) is 3. The van der Waals surface area contributed by atoms with Crippen LogP contribution in [0.5, 0.6) is 0 Å². The molecule has 1 aromatic rings. The standard InChI is InChI=1S/C9H5ClO6/c10-6-4(8(13)14)2-1-3(7(11)12)5(6)9(15)16/h1-2H,(H,11,12)(H,13,14)(H,15,16). The van der Waals surface area contributed by atoms with Crippen molar-refractivity contribution in [2.75, 3.05) is 0 Å². The first-order valence-corrected chi connectivity index (χ1v) is 4.26. The van der Waals surface area contributed by atoms with E-state index < -0.39 is 39.6 Å². The fourth-order valence-corrected chi connectivity index (χ4v) is 1.46. The van der Waals surface area contributed by atoms with E-state index in [4.69, 9.17) is 26.9 Å². The van der Waals surface area contributed by atoms with Crippen molar-refractivity contribution in [1.29, 1.82) is 0 Å². The number of carbonyl (C=O) groups is 3. The molecule has 0 fully saturated rings. The normalized spacial score (nSPS) is 9.81. The van der Waals surface area contributed by atoms with Crippen molar-refractivity contribution < 1.29 is 29.7 Å². The van der Waals surface area contributed by atoms with E-state index >= 15 is 0 Å². The third-order valence-corrected chi connectivity index (χ3v) is 2.21. The van der Waals surface area contributed by atoms with Crippen LogP contribution in [-0.2, 0) is 0 Å². The minimum Gasteiger partial charge on any atom is -0.478 e. The van der Waals surface area contributed by atoms with Gasteiger partial charge in [-0.05, 0) is 12.1 Å². The van der Waals surface area contributed by atoms with E-state index in [1.54, 1.807) is 0 Å². The molecule has 0 saturated carbocycles. The zero-order valence-corrected chi connectivity index (χ0v) is 8.35. The molecular weight excluding hydrogens is 240 g/mol. The van der Waals surface area contributed by atoms with E-state index in [1.807, 2.05) is 0 Å². The van der Waals surface area contributed by atoms with E-state index in [0.29, 0.717) is 0 Å². The van der Waals surface area contributed by atoms with Gasteiger partial charge >= 0.3 is 17.9 Å². The Bertz CT molecular complexity index is 493. The molecule has 0 spiro atoms. The van der Waals surface area contributed by atoms with Crippen LogP contribution in [0.4, 0.5) is 0 Å². The first-order valence-electron chi connectivity index (χ1n) is 3.88. The summed E-state index contributed by atoms with van der Waals surface area (Å²) >= 11 is 5.52. The molecule has 84 valence electrons. The average molecular weight is 245 g/mol. The summed E-state index contributed by atoms with van der Waals surface area (Å²) in [6.45, 7) is 0. The second kappa shape index (κ2) is 4.19. The van der Waals surface area contributed by atoms with Crippen LogP contribution in [-0.4, -0.2) is 33.2 Å². The lowest BCUT2D eigenvalue weighted by molar-refractivity contribution is 0.0649. The Morgan fingerprint density at radius 3 is 1.69 bits per heavy atom. The SMILES string of the molecule is O=C(O)c1ccc(C(=O)O)c(C(=O)O)c1Cl. The molecule has 6 nitrogen and oxygen atoms in total. The molecule has 0 unspecified atom stereocenters. The molecule has 0 bridgehead atoms. The first kappa shape index (κ1) is 12.0. The Labute approximate surface area is 93.7 Å². The van der Waals surface area contributed by atoms with Gasteiger partial charge < -0.3 is 15.3 Å². The largest absolute Gasteiger partial charge is 0.478 e. The number of carboxylic acids is 3. The number of aromatic carboxylic acids is 3. The molecule has 0 aromatic heterocycles. The predicted octanol–water partition coefficient (Wildman–Crippen LogP) is 1.43. The topological polar surface area (TPSA) is 112 Å². The second-order valence-corrected chi connectivity index (χ2v) is 3.14. The van der Waals surface area contributed by atoms with Crippen molar-refractivity contribution in [3.8, 4) is 0 Å². The molecule has 0 heterocycles. The molecule has 7 heteroatoms. The summed E-state index contributed by atoms with van der Waals surface area (Å²) in [5.41, 5.74) is -1.74. The lowest BCUT2D eigenvalue weighted by Crippen LogP contribution is -2.11. The highest BCUT2D eigenvalue weighted by Crippen LogP contribution is 2.25. The molecule has 3 N–H and O–H groups in total. The number of halogens is 1. The van der Waals surface area contributed by atoms with Crippen molar-refractivity contribution in [3.63, 3.8) is 0 Å². The molecule has 0 saturated heterocycles. The maximum atomic E-state index is 10.8. The zero-order valence-electron chi connectivity index (χ0n) is 7.60. The van der Waals surface area contributed by atoms with E-state index in [9.17, 15) is 14.4 Å². The van der Waals surface area contributed by atoms with Crippen LogP contribution in [0.1, 0.15) is 31.1 Å². The Morgan fingerprint density at radius 2 is 1.31 bits per heavy atom. The van der Waals surface area contributed by atoms with Gasteiger partial charge in [0.15, 0.2) is 0 Å². The summed E-state index contributed by atoms with van der Waals surface area (Å²) in [6.07, 6.45) is 0. The van der Waals surface area contributed by atoms with Crippen LogP contribution in [0.3, 0.4) is 0 Å². The van der Waals surface area contributed by atoms with Crippen LogP contribution in [0.25, 0.3) is 0 Å². The molecule has 16 heavy (non-hydrogen) atoms. The van der Waals surface area contributed by atoms with Crippen molar-refractivity contribution in [3.05, 3.63) is 33.8 Å². The number of rotatable bonds is 3. The van der Waals surface area contributed by atoms with Crippen LogP contribution < -0.4 is 0 Å². The Balaban J connectivity index is 3.60. The summed E-state index contributed by atoms with van der Waals surface area (Å²) in [5, 5.41) is 25.5. The third kappa shape index (κ3) is 1.96. The predicted molar refractivity (Wildman–Crippen MR) is 52.3 cm³/mol. The summed E-state index contributed by atoms with van der Waals surface area (Å²) in [4.78, 5) is 32.1. The zero-order chi connectivity index (χ0) is 12.5. The van der Waals surface area contributed by atoms with Gasteiger partial charge in [0.1, 0.15) is 0 Å². The number of benzene rings is 1. The van der Waals surface area contributed by atoms with E-state index in [1.165, 1.54) is 0 Å². The smallest absolute Gasteiger partial charge is 0.338 e. The molecule has 0 atom stereocenters. The van der Waals surface area contributed by atoms with Gasteiger partial charge in [-0.25, -0.2) is 14.4 Å². The Morgan fingerprint density at radius 1 is 0.875 bits per heavy atom. The van der Waals surface area contributed by atoms with E-state index in [2.05, 4.69) is 0 Å². The van der Waals surface area contributed by atoms with Crippen molar-refractivity contribution in [2.24, 2.45) is 0 Å². The van der Waals surface area contributed by atoms with Gasteiger partial charge in [-0.15, -0.1) is 0 Å². The van der Waals surface area contributed by atoms with Crippen LogP contribution >= 0.6 is 11.6 Å². The molecule has 0 aliphatic rings. The number of hydrogen-bond donors (Lipinski definition) is 3. The minimum absolute atomic E-state index is 0.455. The van der Waals surface area contributed by atoms with Gasteiger partial charge in [0.2, 0.25) is 0 Å².